The molecule has 1 fully saturated rings. The molecule has 0 radical (unpaired) electrons. The highest BCUT2D eigenvalue weighted by Gasteiger charge is 2.13. The first-order valence-electron chi connectivity index (χ1n) is 7.07. The van der Waals surface area contributed by atoms with Crippen LogP contribution < -0.4 is 5.32 Å². The number of aromatic nitrogens is 1. The van der Waals surface area contributed by atoms with Gasteiger partial charge in [0.1, 0.15) is 0 Å². The van der Waals surface area contributed by atoms with Gasteiger partial charge >= 0.3 is 0 Å². The van der Waals surface area contributed by atoms with E-state index in [0.717, 1.165) is 17.9 Å². The van der Waals surface area contributed by atoms with Gasteiger partial charge in [-0.15, -0.1) is 0 Å². The second-order valence-electron chi connectivity index (χ2n) is 5.55. The second-order valence-corrected chi connectivity index (χ2v) is 5.55. The van der Waals surface area contributed by atoms with Gasteiger partial charge in [0, 0.05) is 29.7 Å². The van der Waals surface area contributed by atoms with E-state index in [0.29, 0.717) is 6.04 Å². The van der Waals surface area contributed by atoms with Gasteiger partial charge in [0.25, 0.3) is 0 Å². The molecule has 0 saturated carbocycles. The van der Waals surface area contributed by atoms with Crippen LogP contribution in [0.1, 0.15) is 37.6 Å². The summed E-state index contributed by atoms with van der Waals surface area (Å²) in [5.41, 5.74) is 3.37. The van der Waals surface area contributed by atoms with E-state index in [4.69, 9.17) is 0 Å². The molecule has 1 N–H and O–H groups in total. The summed E-state index contributed by atoms with van der Waals surface area (Å²) in [6.07, 6.45) is 4.13. The van der Waals surface area contributed by atoms with Gasteiger partial charge in [0.15, 0.2) is 0 Å². The fourth-order valence-corrected chi connectivity index (χ4v) is 2.78. The molecule has 1 aliphatic rings. The zero-order chi connectivity index (χ0) is 13.0. The van der Waals surface area contributed by atoms with Gasteiger partial charge in [-0.05, 0) is 58.8 Å². The van der Waals surface area contributed by atoms with Crippen LogP contribution in [-0.2, 0) is 0 Å². The van der Waals surface area contributed by atoms with Crippen LogP contribution in [0, 0.1) is 13.8 Å². The Kier molecular flexibility index (Phi) is 4.59. The number of nitrogens with one attached hydrogen (secondary N) is 1. The maximum absolute atomic E-state index is 4.41. The summed E-state index contributed by atoms with van der Waals surface area (Å²) >= 11 is 0. The van der Waals surface area contributed by atoms with Crippen LogP contribution in [0.5, 0.6) is 0 Å². The van der Waals surface area contributed by atoms with Crippen molar-refractivity contribution in [2.75, 3.05) is 25.0 Å². The zero-order valence-corrected chi connectivity index (χ0v) is 11.9. The Labute approximate surface area is 111 Å². The van der Waals surface area contributed by atoms with Gasteiger partial charge in [0.2, 0.25) is 0 Å². The first kappa shape index (κ1) is 13.3. The van der Waals surface area contributed by atoms with E-state index in [-0.39, 0.29) is 0 Å². The second kappa shape index (κ2) is 6.19. The molecule has 1 aromatic heterocycles. The van der Waals surface area contributed by atoms with E-state index in [9.17, 15) is 0 Å². The van der Waals surface area contributed by atoms with Crippen LogP contribution in [0.15, 0.2) is 12.1 Å². The van der Waals surface area contributed by atoms with Crippen molar-refractivity contribution in [2.45, 2.75) is 46.1 Å². The van der Waals surface area contributed by atoms with Crippen LogP contribution in [0.3, 0.4) is 0 Å². The third kappa shape index (κ3) is 3.98. The topological polar surface area (TPSA) is 28.2 Å². The van der Waals surface area contributed by atoms with Crippen molar-refractivity contribution in [1.82, 2.24) is 9.88 Å². The molecule has 1 aliphatic heterocycles. The minimum atomic E-state index is 0.490. The summed E-state index contributed by atoms with van der Waals surface area (Å²) in [4.78, 5) is 6.98. The SMILES string of the molecule is Cc1cc(NC(C)CN2CCCCC2)cc(C)n1. The largest absolute Gasteiger partial charge is 0.381 e. The molecule has 3 heteroatoms. The highest BCUT2D eigenvalue weighted by Crippen LogP contribution is 2.14. The number of hydrogen-bond donors (Lipinski definition) is 1. The van der Waals surface area contributed by atoms with Gasteiger partial charge in [-0.1, -0.05) is 6.42 Å². The Morgan fingerprint density at radius 2 is 1.78 bits per heavy atom. The van der Waals surface area contributed by atoms with Gasteiger partial charge < -0.3 is 10.2 Å². The fraction of sp³-hybridized carbons (Fsp3) is 0.667. The number of hydrogen-bond acceptors (Lipinski definition) is 3. The number of anilines is 1. The Bertz CT molecular complexity index is 363. The molecule has 2 rings (SSSR count). The van der Waals surface area contributed by atoms with Gasteiger partial charge in [-0.2, -0.15) is 0 Å². The highest BCUT2D eigenvalue weighted by atomic mass is 15.1. The molecule has 1 unspecified atom stereocenters. The monoisotopic (exact) mass is 247 g/mol. The summed E-state index contributed by atoms with van der Waals surface area (Å²) in [5, 5.41) is 3.59. The van der Waals surface area contributed by atoms with E-state index < -0.39 is 0 Å². The summed E-state index contributed by atoms with van der Waals surface area (Å²) < 4.78 is 0. The van der Waals surface area contributed by atoms with Gasteiger partial charge in [-0.3, -0.25) is 4.98 Å². The van der Waals surface area contributed by atoms with Crippen LogP contribution >= 0.6 is 0 Å². The summed E-state index contributed by atoms with van der Waals surface area (Å²) in [6, 6.07) is 4.74. The average molecular weight is 247 g/mol. The minimum absolute atomic E-state index is 0.490. The van der Waals surface area contributed by atoms with Crippen molar-refractivity contribution >= 4 is 5.69 Å². The normalized spacial score (nSPS) is 18.6. The van der Waals surface area contributed by atoms with E-state index in [2.05, 4.69) is 34.3 Å². The predicted octanol–water partition coefficient (Wildman–Crippen LogP) is 2.98. The van der Waals surface area contributed by atoms with Crippen molar-refractivity contribution in [3.8, 4) is 0 Å². The van der Waals surface area contributed by atoms with Gasteiger partial charge in [-0.25, -0.2) is 0 Å². The molecule has 0 bridgehead atoms. The molecular weight excluding hydrogens is 222 g/mol. The minimum Gasteiger partial charge on any atom is -0.381 e. The lowest BCUT2D eigenvalue weighted by Gasteiger charge is -2.29. The molecule has 0 aromatic carbocycles. The van der Waals surface area contributed by atoms with Crippen molar-refractivity contribution < 1.29 is 0 Å². The lowest BCUT2D eigenvalue weighted by Crippen LogP contribution is -2.38. The number of nitrogens with zero attached hydrogens (tertiary/aromatic N) is 2. The first-order valence-corrected chi connectivity index (χ1v) is 7.07. The Balaban J connectivity index is 1.87. The fourth-order valence-electron chi connectivity index (χ4n) is 2.78. The van der Waals surface area contributed by atoms with E-state index in [1.165, 1.54) is 38.0 Å². The van der Waals surface area contributed by atoms with Gasteiger partial charge in [0.05, 0.1) is 0 Å². The van der Waals surface area contributed by atoms with Crippen LogP contribution in [0.2, 0.25) is 0 Å². The molecule has 2 heterocycles. The molecule has 0 spiro atoms. The standard InChI is InChI=1S/C15H25N3/c1-12-9-15(10-13(2)16-12)17-14(3)11-18-7-5-4-6-8-18/h9-10,14H,4-8,11H2,1-3H3,(H,16,17). The third-order valence-electron chi connectivity index (χ3n) is 3.48. The highest BCUT2D eigenvalue weighted by molar-refractivity contribution is 5.45. The van der Waals surface area contributed by atoms with Crippen molar-refractivity contribution in [2.24, 2.45) is 0 Å². The molecule has 0 aliphatic carbocycles. The number of rotatable bonds is 4. The van der Waals surface area contributed by atoms with Crippen molar-refractivity contribution in [1.29, 1.82) is 0 Å². The van der Waals surface area contributed by atoms with Crippen LogP contribution in [0.25, 0.3) is 0 Å². The maximum Gasteiger partial charge on any atom is 0.0396 e. The molecule has 18 heavy (non-hydrogen) atoms. The molecule has 3 nitrogen and oxygen atoms in total. The lowest BCUT2D eigenvalue weighted by atomic mass is 10.1. The number of aryl methyl sites for hydroxylation is 2. The summed E-state index contributed by atoms with van der Waals surface area (Å²) in [7, 11) is 0. The molecular formula is C15H25N3. The van der Waals surface area contributed by atoms with Crippen molar-refractivity contribution in [3.63, 3.8) is 0 Å². The number of piperidine rings is 1. The zero-order valence-electron chi connectivity index (χ0n) is 11.9. The smallest absolute Gasteiger partial charge is 0.0396 e. The Hall–Kier alpha value is -1.09. The molecule has 1 aromatic rings. The predicted molar refractivity (Wildman–Crippen MR) is 77.1 cm³/mol. The van der Waals surface area contributed by atoms with E-state index in [1.54, 1.807) is 0 Å². The Morgan fingerprint density at radius 1 is 1.17 bits per heavy atom. The summed E-state index contributed by atoms with van der Waals surface area (Å²) in [5.74, 6) is 0. The van der Waals surface area contributed by atoms with Crippen molar-refractivity contribution in [3.05, 3.63) is 23.5 Å². The maximum atomic E-state index is 4.41. The van der Waals surface area contributed by atoms with E-state index >= 15 is 0 Å². The molecule has 100 valence electrons. The molecule has 0 amide bonds. The van der Waals surface area contributed by atoms with Crippen LogP contribution in [-0.4, -0.2) is 35.6 Å². The van der Waals surface area contributed by atoms with Crippen LogP contribution in [0.4, 0.5) is 5.69 Å². The quantitative estimate of drug-likeness (QED) is 0.886. The Morgan fingerprint density at radius 3 is 2.39 bits per heavy atom. The average Bonchev–Trinajstić information content (AvgIpc) is 2.28. The first-order chi connectivity index (χ1) is 8.63. The van der Waals surface area contributed by atoms with E-state index in [1.807, 2.05) is 13.8 Å². The number of likely N-dealkylation sites (tertiary alicyclic amines) is 1. The molecule has 1 saturated heterocycles. The third-order valence-corrected chi connectivity index (χ3v) is 3.48. The number of pyridine rings is 1. The lowest BCUT2D eigenvalue weighted by molar-refractivity contribution is 0.223. The summed E-state index contributed by atoms with van der Waals surface area (Å²) in [6.45, 7) is 10.0. The molecule has 1 atom stereocenters.